The number of rotatable bonds is 5. The molecule has 0 aromatic heterocycles. The van der Waals surface area contributed by atoms with E-state index in [-0.39, 0.29) is 12.5 Å². The molecule has 1 fully saturated rings. The van der Waals surface area contributed by atoms with Gasteiger partial charge in [-0.15, -0.1) is 0 Å². The second kappa shape index (κ2) is 7.47. The van der Waals surface area contributed by atoms with Crippen molar-refractivity contribution in [2.45, 2.75) is 20.0 Å². The molecule has 136 valence electrons. The lowest BCUT2D eigenvalue weighted by molar-refractivity contribution is 0.0913. The van der Waals surface area contributed by atoms with Gasteiger partial charge in [0.1, 0.15) is 11.9 Å². The van der Waals surface area contributed by atoms with Crippen LogP contribution in [0.1, 0.15) is 21.5 Å². The van der Waals surface area contributed by atoms with Crippen LogP contribution in [-0.2, 0) is 4.74 Å². The Morgan fingerprint density at radius 1 is 1.23 bits per heavy atom. The van der Waals surface area contributed by atoms with E-state index in [0.29, 0.717) is 17.9 Å². The molecule has 1 unspecified atom stereocenters. The van der Waals surface area contributed by atoms with Gasteiger partial charge in [0.15, 0.2) is 0 Å². The van der Waals surface area contributed by atoms with E-state index in [0.717, 1.165) is 16.8 Å². The van der Waals surface area contributed by atoms with Crippen LogP contribution >= 0.6 is 0 Å². The summed E-state index contributed by atoms with van der Waals surface area (Å²) in [6, 6.07) is 12.9. The number of hydrogen-bond donors (Lipinski definition) is 1. The minimum Gasteiger partial charge on any atom is -0.496 e. The molecule has 0 aliphatic carbocycles. The highest BCUT2D eigenvalue weighted by Crippen LogP contribution is 2.24. The van der Waals surface area contributed by atoms with Gasteiger partial charge in [-0.25, -0.2) is 4.79 Å². The zero-order chi connectivity index (χ0) is 18.7. The molecule has 1 N–H and O–H groups in total. The van der Waals surface area contributed by atoms with Crippen LogP contribution in [0.5, 0.6) is 5.75 Å². The Morgan fingerprint density at radius 3 is 2.62 bits per heavy atom. The van der Waals surface area contributed by atoms with Gasteiger partial charge in [-0.3, -0.25) is 9.69 Å². The lowest BCUT2D eigenvalue weighted by Crippen LogP contribution is -2.34. The van der Waals surface area contributed by atoms with E-state index in [2.05, 4.69) is 11.4 Å². The van der Waals surface area contributed by atoms with E-state index in [1.807, 2.05) is 26.0 Å². The fourth-order valence-corrected chi connectivity index (χ4v) is 3.08. The number of amides is 2. The van der Waals surface area contributed by atoms with Crippen LogP contribution in [0.15, 0.2) is 42.5 Å². The summed E-state index contributed by atoms with van der Waals surface area (Å²) in [7, 11) is 1.52. The Morgan fingerprint density at radius 2 is 1.92 bits per heavy atom. The van der Waals surface area contributed by atoms with E-state index in [4.69, 9.17) is 9.47 Å². The van der Waals surface area contributed by atoms with Crippen molar-refractivity contribution in [2.24, 2.45) is 0 Å². The number of ether oxygens (including phenoxy) is 2. The van der Waals surface area contributed by atoms with Crippen LogP contribution in [0.3, 0.4) is 0 Å². The molecule has 0 bridgehead atoms. The topological polar surface area (TPSA) is 67.9 Å². The minimum atomic E-state index is -0.401. The molecule has 1 aliphatic heterocycles. The fraction of sp³-hybridized carbons (Fsp3) is 0.300. The van der Waals surface area contributed by atoms with E-state index in [9.17, 15) is 9.59 Å². The maximum atomic E-state index is 12.4. The summed E-state index contributed by atoms with van der Waals surface area (Å²) in [5, 5.41) is 2.81. The Labute approximate surface area is 152 Å². The van der Waals surface area contributed by atoms with E-state index >= 15 is 0 Å². The van der Waals surface area contributed by atoms with Crippen molar-refractivity contribution in [1.29, 1.82) is 0 Å². The van der Waals surface area contributed by atoms with Gasteiger partial charge in [0.05, 0.1) is 25.8 Å². The van der Waals surface area contributed by atoms with Crippen LogP contribution in [0.25, 0.3) is 0 Å². The molecule has 1 heterocycles. The van der Waals surface area contributed by atoms with Crippen molar-refractivity contribution >= 4 is 17.7 Å². The Hall–Kier alpha value is -3.02. The third-order valence-electron chi connectivity index (χ3n) is 4.23. The van der Waals surface area contributed by atoms with E-state index in [1.165, 1.54) is 7.11 Å². The molecule has 1 aliphatic rings. The first-order valence-electron chi connectivity index (χ1n) is 8.45. The molecule has 1 atom stereocenters. The molecule has 3 rings (SSSR count). The molecular formula is C20H22N2O4. The zero-order valence-electron chi connectivity index (χ0n) is 15.1. The minimum absolute atomic E-state index is 0.240. The van der Waals surface area contributed by atoms with Crippen molar-refractivity contribution in [2.75, 3.05) is 25.1 Å². The number of nitrogens with zero attached hydrogens (tertiary/aromatic N) is 1. The van der Waals surface area contributed by atoms with Crippen molar-refractivity contribution < 1.29 is 19.1 Å². The maximum Gasteiger partial charge on any atom is 0.414 e. The van der Waals surface area contributed by atoms with Crippen molar-refractivity contribution in [3.8, 4) is 5.75 Å². The number of hydrogen-bond acceptors (Lipinski definition) is 4. The summed E-state index contributed by atoms with van der Waals surface area (Å²) in [6.45, 7) is 4.61. The van der Waals surface area contributed by atoms with Gasteiger partial charge in [-0.2, -0.15) is 0 Å². The summed E-state index contributed by atoms with van der Waals surface area (Å²) < 4.78 is 10.6. The molecule has 0 saturated carbocycles. The molecule has 2 amide bonds. The average molecular weight is 354 g/mol. The van der Waals surface area contributed by atoms with Crippen molar-refractivity contribution in [1.82, 2.24) is 5.32 Å². The summed E-state index contributed by atoms with van der Waals surface area (Å²) in [6.07, 6.45) is -0.798. The molecule has 0 radical (unpaired) electrons. The van der Waals surface area contributed by atoms with Crippen LogP contribution < -0.4 is 15.0 Å². The highest BCUT2D eigenvalue weighted by atomic mass is 16.6. The Balaban J connectivity index is 1.63. The lowest BCUT2D eigenvalue weighted by atomic mass is 10.1. The van der Waals surface area contributed by atoms with E-state index < -0.39 is 12.2 Å². The standard InChI is InChI=1S/C20H22N2O4/c1-13-8-14(2)10-15(9-13)22-12-16(26-20(22)24)11-21-19(23)17-6-4-5-7-18(17)25-3/h4-10,16H,11-12H2,1-3H3,(H,21,23). The molecule has 2 aromatic rings. The predicted molar refractivity (Wildman–Crippen MR) is 98.9 cm³/mol. The van der Waals surface area contributed by atoms with Gasteiger partial charge < -0.3 is 14.8 Å². The number of anilines is 1. The first-order chi connectivity index (χ1) is 12.5. The van der Waals surface area contributed by atoms with Crippen LogP contribution in [0.2, 0.25) is 0 Å². The average Bonchev–Trinajstić information content (AvgIpc) is 2.99. The Kier molecular flexibility index (Phi) is 5.11. The summed E-state index contributed by atoms with van der Waals surface area (Å²) in [5.41, 5.74) is 3.43. The predicted octanol–water partition coefficient (Wildman–Crippen LogP) is 3.07. The molecule has 2 aromatic carbocycles. The number of carbonyl (C=O) groups is 2. The molecule has 0 spiro atoms. The number of aryl methyl sites for hydroxylation is 2. The number of benzene rings is 2. The van der Waals surface area contributed by atoms with Crippen LogP contribution in [0, 0.1) is 13.8 Å². The SMILES string of the molecule is COc1ccccc1C(=O)NCC1CN(c2cc(C)cc(C)c2)C(=O)O1. The fourth-order valence-electron chi connectivity index (χ4n) is 3.08. The van der Waals surface area contributed by atoms with Gasteiger partial charge >= 0.3 is 6.09 Å². The number of methoxy groups -OCH3 is 1. The smallest absolute Gasteiger partial charge is 0.414 e. The van der Waals surface area contributed by atoms with Gasteiger partial charge in [0, 0.05) is 5.69 Å². The molecule has 6 heteroatoms. The molecular weight excluding hydrogens is 332 g/mol. The second-order valence-corrected chi connectivity index (χ2v) is 6.37. The third kappa shape index (κ3) is 3.79. The summed E-state index contributed by atoms with van der Waals surface area (Å²) >= 11 is 0. The zero-order valence-corrected chi connectivity index (χ0v) is 15.1. The first-order valence-corrected chi connectivity index (χ1v) is 8.45. The van der Waals surface area contributed by atoms with Gasteiger partial charge in [0.2, 0.25) is 0 Å². The van der Waals surface area contributed by atoms with Crippen molar-refractivity contribution in [3.63, 3.8) is 0 Å². The van der Waals surface area contributed by atoms with Crippen LogP contribution in [0.4, 0.5) is 10.5 Å². The van der Waals surface area contributed by atoms with Crippen molar-refractivity contribution in [3.05, 3.63) is 59.2 Å². The maximum absolute atomic E-state index is 12.4. The number of carbonyl (C=O) groups excluding carboxylic acids is 2. The largest absolute Gasteiger partial charge is 0.496 e. The third-order valence-corrected chi connectivity index (χ3v) is 4.23. The van der Waals surface area contributed by atoms with Gasteiger partial charge in [-0.1, -0.05) is 18.2 Å². The normalized spacial score (nSPS) is 16.3. The number of nitrogens with one attached hydrogen (secondary N) is 1. The van der Waals surface area contributed by atoms with E-state index in [1.54, 1.807) is 29.2 Å². The lowest BCUT2D eigenvalue weighted by Gasteiger charge is -2.15. The monoisotopic (exact) mass is 354 g/mol. The number of cyclic esters (lactones) is 1. The molecule has 1 saturated heterocycles. The molecule has 26 heavy (non-hydrogen) atoms. The Bertz CT molecular complexity index is 814. The van der Waals surface area contributed by atoms with Gasteiger partial charge in [-0.05, 0) is 49.2 Å². The number of para-hydroxylation sites is 1. The van der Waals surface area contributed by atoms with Gasteiger partial charge in [0.25, 0.3) is 5.91 Å². The summed E-state index contributed by atoms with van der Waals surface area (Å²) in [4.78, 5) is 26.1. The van der Waals surface area contributed by atoms with Crippen LogP contribution in [-0.4, -0.2) is 38.3 Å². The quantitative estimate of drug-likeness (QED) is 0.896. The molecule has 6 nitrogen and oxygen atoms in total. The second-order valence-electron chi connectivity index (χ2n) is 6.37. The highest BCUT2D eigenvalue weighted by Gasteiger charge is 2.32. The highest BCUT2D eigenvalue weighted by molar-refractivity contribution is 5.97. The first kappa shape index (κ1) is 17.8. The summed E-state index contributed by atoms with van der Waals surface area (Å²) in [5.74, 6) is 0.244.